The molecule has 0 aromatic heterocycles. The van der Waals surface area contributed by atoms with Crippen molar-refractivity contribution in [1.29, 1.82) is 0 Å². The number of amides is 2. The summed E-state index contributed by atoms with van der Waals surface area (Å²) in [7, 11) is -0.369. The first kappa shape index (κ1) is 26.2. The predicted octanol–water partition coefficient (Wildman–Crippen LogP) is 2.79. The van der Waals surface area contributed by atoms with Crippen LogP contribution in [-0.2, 0) is 26.2 Å². The minimum atomic E-state index is -3.50. The lowest BCUT2D eigenvalue weighted by Gasteiger charge is -2.30. The number of anilines is 1. The van der Waals surface area contributed by atoms with Crippen LogP contribution in [0.4, 0.5) is 5.69 Å². The number of sulfonamides is 1. The second kappa shape index (κ2) is 12.2. The Morgan fingerprint density at radius 1 is 1.06 bits per heavy atom. The van der Waals surface area contributed by atoms with Gasteiger partial charge in [-0.2, -0.15) is 0 Å². The van der Waals surface area contributed by atoms with Crippen molar-refractivity contribution in [2.24, 2.45) is 0 Å². The van der Waals surface area contributed by atoms with Crippen LogP contribution < -0.4 is 14.4 Å². The summed E-state index contributed by atoms with van der Waals surface area (Å²) in [6.45, 7) is 2.29. The molecular weight excluding hydrogens is 442 g/mol. The Kier molecular flexibility index (Phi) is 9.72. The van der Waals surface area contributed by atoms with Crippen molar-refractivity contribution in [2.45, 2.75) is 38.8 Å². The quantitative estimate of drug-likeness (QED) is 0.509. The minimum Gasteiger partial charge on any atom is -0.497 e. The maximum Gasteiger partial charge on any atom is 0.242 e. The van der Waals surface area contributed by atoms with E-state index >= 15 is 0 Å². The van der Waals surface area contributed by atoms with Crippen LogP contribution in [0.25, 0.3) is 0 Å². The third-order valence-corrected chi connectivity index (χ3v) is 6.53. The second-order valence-electron chi connectivity index (χ2n) is 7.68. The number of carbonyl (C=O) groups is 2. The number of nitrogens with zero attached hydrogens (tertiary/aromatic N) is 2. The molecule has 0 radical (unpaired) electrons. The molecule has 33 heavy (non-hydrogen) atoms. The van der Waals surface area contributed by atoms with E-state index < -0.39 is 16.1 Å². The lowest BCUT2D eigenvalue weighted by Crippen LogP contribution is -2.48. The number of methoxy groups -OCH3 is 1. The summed E-state index contributed by atoms with van der Waals surface area (Å²) in [5.74, 6) is 0.265. The van der Waals surface area contributed by atoms with E-state index in [2.05, 4.69) is 5.32 Å². The smallest absolute Gasteiger partial charge is 0.242 e. The summed E-state index contributed by atoms with van der Waals surface area (Å²) in [4.78, 5) is 27.2. The fourth-order valence-electron chi connectivity index (χ4n) is 3.61. The normalized spacial score (nSPS) is 12.0. The van der Waals surface area contributed by atoms with E-state index in [0.29, 0.717) is 24.3 Å². The van der Waals surface area contributed by atoms with Gasteiger partial charge in [0.15, 0.2) is 0 Å². The van der Waals surface area contributed by atoms with E-state index in [4.69, 9.17) is 4.74 Å². The van der Waals surface area contributed by atoms with Gasteiger partial charge in [0.25, 0.3) is 0 Å². The van der Waals surface area contributed by atoms with Gasteiger partial charge in [-0.05, 0) is 42.7 Å². The molecular formula is C24H33N3O5S. The molecule has 0 aliphatic rings. The average molecular weight is 476 g/mol. The molecule has 0 aliphatic heterocycles. The molecule has 2 aromatic rings. The first-order valence-electron chi connectivity index (χ1n) is 10.9. The Hall–Kier alpha value is -3.07. The number of rotatable bonds is 12. The van der Waals surface area contributed by atoms with Crippen LogP contribution in [0.1, 0.15) is 31.7 Å². The summed E-state index contributed by atoms with van der Waals surface area (Å²) in [5, 5.41) is 2.63. The van der Waals surface area contributed by atoms with Gasteiger partial charge in [0.2, 0.25) is 21.8 Å². The topological polar surface area (TPSA) is 96.0 Å². The molecule has 0 saturated carbocycles. The summed E-state index contributed by atoms with van der Waals surface area (Å²) in [6.07, 6.45) is 2.05. The van der Waals surface area contributed by atoms with E-state index in [-0.39, 0.29) is 31.3 Å². The molecule has 2 rings (SSSR count). The molecule has 1 N–H and O–H groups in total. The SMILES string of the molecule is CCC(C(=O)NC)N(Cc1ccc(OC)cc1)C(=O)CCCN(c1ccccc1)S(C)(=O)=O. The number of carbonyl (C=O) groups excluding carboxylic acids is 2. The summed E-state index contributed by atoms with van der Waals surface area (Å²) in [5.41, 5.74) is 1.42. The van der Waals surface area contributed by atoms with Gasteiger partial charge < -0.3 is 15.0 Å². The Morgan fingerprint density at radius 3 is 2.21 bits per heavy atom. The van der Waals surface area contributed by atoms with Crippen LogP contribution in [-0.4, -0.2) is 58.1 Å². The highest BCUT2D eigenvalue weighted by atomic mass is 32.2. The van der Waals surface area contributed by atoms with E-state index in [1.54, 1.807) is 43.3 Å². The third kappa shape index (κ3) is 7.49. The number of para-hydroxylation sites is 1. The number of nitrogens with one attached hydrogen (secondary N) is 1. The highest BCUT2D eigenvalue weighted by Crippen LogP contribution is 2.20. The molecule has 2 amide bonds. The highest BCUT2D eigenvalue weighted by molar-refractivity contribution is 7.92. The van der Waals surface area contributed by atoms with Gasteiger partial charge in [0.1, 0.15) is 11.8 Å². The zero-order valence-corrected chi connectivity index (χ0v) is 20.5. The zero-order chi connectivity index (χ0) is 24.4. The monoisotopic (exact) mass is 475 g/mol. The Labute approximate surface area is 196 Å². The van der Waals surface area contributed by atoms with Crippen molar-refractivity contribution in [2.75, 3.05) is 31.3 Å². The summed E-state index contributed by atoms with van der Waals surface area (Å²) >= 11 is 0. The van der Waals surface area contributed by atoms with Gasteiger partial charge in [0, 0.05) is 26.6 Å². The predicted molar refractivity (Wildman–Crippen MR) is 130 cm³/mol. The van der Waals surface area contributed by atoms with Crippen LogP contribution >= 0.6 is 0 Å². The fraction of sp³-hybridized carbons (Fsp3) is 0.417. The van der Waals surface area contributed by atoms with Gasteiger partial charge in [0.05, 0.1) is 19.1 Å². The number of benzene rings is 2. The molecule has 0 fully saturated rings. The summed E-state index contributed by atoms with van der Waals surface area (Å²) in [6, 6.07) is 15.5. The van der Waals surface area contributed by atoms with Crippen LogP contribution in [0.2, 0.25) is 0 Å². The fourth-order valence-corrected chi connectivity index (χ4v) is 4.58. The molecule has 1 atom stereocenters. The van der Waals surface area contributed by atoms with E-state index in [9.17, 15) is 18.0 Å². The molecule has 8 nitrogen and oxygen atoms in total. The molecule has 1 unspecified atom stereocenters. The largest absolute Gasteiger partial charge is 0.497 e. The number of ether oxygens (including phenoxy) is 1. The van der Waals surface area contributed by atoms with Crippen molar-refractivity contribution in [3.8, 4) is 5.75 Å². The van der Waals surface area contributed by atoms with Crippen molar-refractivity contribution in [3.63, 3.8) is 0 Å². The number of hydrogen-bond donors (Lipinski definition) is 1. The molecule has 180 valence electrons. The highest BCUT2D eigenvalue weighted by Gasteiger charge is 2.28. The molecule has 0 saturated heterocycles. The number of hydrogen-bond acceptors (Lipinski definition) is 5. The Morgan fingerprint density at radius 2 is 1.70 bits per heavy atom. The lowest BCUT2D eigenvalue weighted by molar-refractivity contribution is -0.141. The Balaban J connectivity index is 2.16. The molecule has 0 heterocycles. The lowest BCUT2D eigenvalue weighted by atomic mass is 10.1. The van der Waals surface area contributed by atoms with Crippen LogP contribution in [0, 0.1) is 0 Å². The van der Waals surface area contributed by atoms with E-state index in [0.717, 1.165) is 11.8 Å². The molecule has 2 aromatic carbocycles. The van der Waals surface area contributed by atoms with Gasteiger partial charge in [-0.1, -0.05) is 37.3 Å². The average Bonchev–Trinajstić information content (AvgIpc) is 2.81. The summed E-state index contributed by atoms with van der Waals surface area (Å²) < 4.78 is 31.1. The molecule has 0 bridgehead atoms. The minimum absolute atomic E-state index is 0.114. The van der Waals surface area contributed by atoms with E-state index in [1.807, 2.05) is 37.3 Å². The van der Waals surface area contributed by atoms with Crippen LogP contribution in [0.5, 0.6) is 5.75 Å². The van der Waals surface area contributed by atoms with Crippen molar-refractivity contribution in [3.05, 3.63) is 60.2 Å². The van der Waals surface area contributed by atoms with Crippen molar-refractivity contribution >= 4 is 27.5 Å². The third-order valence-electron chi connectivity index (χ3n) is 5.34. The van der Waals surface area contributed by atoms with Crippen LogP contribution in [0.3, 0.4) is 0 Å². The molecule has 0 aliphatic carbocycles. The first-order valence-corrected chi connectivity index (χ1v) is 12.7. The second-order valence-corrected chi connectivity index (χ2v) is 9.59. The van der Waals surface area contributed by atoms with E-state index in [1.165, 1.54) is 4.31 Å². The maximum absolute atomic E-state index is 13.2. The standard InChI is InChI=1S/C24H33N3O5S/c1-5-22(24(29)25-2)26(18-19-13-15-21(32-3)16-14-19)23(28)12-9-17-27(33(4,30)31)20-10-7-6-8-11-20/h6-8,10-11,13-16,22H,5,9,12,17-18H2,1-4H3,(H,25,29). The van der Waals surface area contributed by atoms with Gasteiger partial charge >= 0.3 is 0 Å². The van der Waals surface area contributed by atoms with Gasteiger partial charge in [-0.3, -0.25) is 13.9 Å². The number of likely N-dealkylation sites (N-methyl/N-ethyl adjacent to an activating group) is 1. The van der Waals surface area contributed by atoms with Crippen molar-refractivity contribution in [1.82, 2.24) is 10.2 Å². The maximum atomic E-state index is 13.2. The van der Waals surface area contributed by atoms with Crippen LogP contribution in [0.15, 0.2) is 54.6 Å². The van der Waals surface area contributed by atoms with Crippen molar-refractivity contribution < 1.29 is 22.7 Å². The first-order chi connectivity index (χ1) is 15.7. The Bertz CT molecular complexity index is 1010. The molecule has 9 heteroatoms. The van der Waals surface area contributed by atoms with Gasteiger partial charge in [-0.25, -0.2) is 8.42 Å². The molecule has 0 spiro atoms. The van der Waals surface area contributed by atoms with Gasteiger partial charge in [-0.15, -0.1) is 0 Å². The zero-order valence-electron chi connectivity index (χ0n) is 19.7.